The first-order valence-corrected chi connectivity index (χ1v) is 8.06. The van der Waals surface area contributed by atoms with Gasteiger partial charge < -0.3 is 15.0 Å². The lowest BCUT2D eigenvalue weighted by molar-refractivity contribution is -0.137. The zero-order valence-corrected chi connectivity index (χ0v) is 14.8. The number of ether oxygens (including phenoxy) is 1. The molecule has 0 unspecified atom stereocenters. The van der Waals surface area contributed by atoms with E-state index in [0.717, 1.165) is 5.56 Å². The van der Waals surface area contributed by atoms with Crippen LogP contribution in [0.2, 0.25) is 0 Å². The lowest BCUT2D eigenvalue weighted by Crippen LogP contribution is -2.42. The van der Waals surface area contributed by atoms with Gasteiger partial charge in [0.05, 0.1) is 6.54 Å². The van der Waals surface area contributed by atoms with Gasteiger partial charge in [0.15, 0.2) is 6.61 Å². The molecular weight excluding hydrogens is 292 g/mol. The van der Waals surface area contributed by atoms with E-state index in [4.69, 9.17) is 4.74 Å². The Kier molecular flexibility index (Phi) is 7.07. The van der Waals surface area contributed by atoms with Gasteiger partial charge >= 0.3 is 0 Å². The fraction of sp³-hybridized carbons (Fsp3) is 0.556. The average Bonchev–Trinajstić information content (AvgIpc) is 2.50. The number of nitrogens with zero attached hydrogens (tertiary/aromatic N) is 1. The zero-order valence-electron chi connectivity index (χ0n) is 14.8. The number of hydrogen-bond donors (Lipinski definition) is 1. The third-order valence-electron chi connectivity index (χ3n) is 3.49. The second kappa shape index (κ2) is 8.56. The number of carbonyl (C=O) groups is 2. The molecule has 0 spiro atoms. The van der Waals surface area contributed by atoms with E-state index in [1.54, 1.807) is 0 Å². The molecule has 0 aliphatic rings. The lowest BCUT2D eigenvalue weighted by Gasteiger charge is -2.24. The molecule has 1 rings (SSSR count). The van der Waals surface area contributed by atoms with Crippen LogP contribution in [0.15, 0.2) is 24.3 Å². The van der Waals surface area contributed by atoms with E-state index in [-0.39, 0.29) is 30.4 Å². The molecule has 23 heavy (non-hydrogen) atoms. The predicted molar refractivity (Wildman–Crippen MR) is 91.6 cm³/mol. The van der Waals surface area contributed by atoms with Gasteiger partial charge in [0.1, 0.15) is 5.75 Å². The van der Waals surface area contributed by atoms with Crippen molar-refractivity contribution in [3.63, 3.8) is 0 Å². The standard InChI is InChI=1S/C18H28N2O3/c1-6-19-16(21)12-20(7-2)17(22)13-23-15-11-9-8-10-14(15)18(3,4)5/h8-11H,6-7,12-13H2,1-5H3,(H,19,21). The summed E-state index contributed by atoms with van der Waals surface area (Å²) in [6.45, 7) is 11.0. The highest BCUT2D eigenvalue weighted by atomic mass is 16.5. The molecule has 0 aromatic heterocycles. The maximum atomic E-state index is 12.3. The highest BCUT2D eigenvalue weighted by Crippen LogP contribution is 2.30. The van der Waals surface area contributed by atoms with Crippen molar-refractivity contribution >= 4 is 11.8 Å². The predicted octanol–water partition coefficient (Wildman–Crippen LogP) is 2.35. The summed E-state index contributed by atoms with van der Waals surface area (Å²) >= 11 is 0. The summed E-state index contributed by atoms with van der Waals surface area (Å²) in [5.41, 5.74) is 0.991. The van der Waals surface area contributed by atoms with E-state index in [2.05, 4.69) is 26.1 Å². The van der Waals surface area contributed by atoms with Crippen LogP contribution in [-0.4, -0.2) is 43.0 Å². The van der Waals surface area contributed by atoms with Crippen LogP contribution in [0, 0.1) is 0 Å². The molecule has 0 aliphatic carbocycles. The van der Waals surface area contributed by atoms with Crippen LogP contribution in [-0.2, 0) is 15.0 Å². The van der Waals surface area contributed by atoms with Crippen LogP contribution in [0.5, 0.6) is 5.75 Å². The van der Waals surface area contributed by atoms with Crippen molar-refractivity contribution in [2.75, 3.05) is 26.2 Å². The number of likely N-dealkylation sites (N-methyl/N-ethyl adjacent to an activating group) is 2. The molecule has 0 atom stereocenters. The zero-order chi connectivity index (χ0) is 17.5. The summed E-state index contributed by atoms with van der Waals surface area (Å²) in [6, 6.07) is 7.73. The Labute approximate surface area is 139 Å². The summed E-state index contributed by atoms with van der Waals surface area (Å²) in [7, 11) is 0. The second-order valence-corrected chi connectivity index (χ2v) is 6.40. The topological polar surface area (TPSA) is 58.6 Å². The fourth-order valence-corrected chi connectivity index (χ4v) is 2.25. The SMILES string of the molecule is CCNC(=O)CN(CC)C(=O)COc1ccccc1C(C)(C)C. The Morgan fingerprint density at radius 2 is 1.83 bits per heavy atom. The minimum absolute atomic E-state index is 0.0629. The van der Waals surface area contributed by atoms with Crippen LogP contribution >= 0.6 is 0 Å². The number of amides is 2. The van der Waals surface area contributed by atoms with Gasteiger partial charge in [0, 0.05) is 13.1 Å². The van der Waals surface area contributed by atoms with Gasteiger partial charge in [-0.1, -0.05) is 39.0 Å². The molecular formula is C18H28N2O3. The van der Waals surface area contributed by atoms with E-state index in [0.29, 0.717) is 18.8 Å². The van der Waals surface area contributed by atoms with Gasteiger partial charge in [0.25, 0.3) is 5.91 Å². The van der Waals surface area contributed by atoms with E-state index in [9.17, 15) is 9.59 Å². The quantitative estimate of drug-likeness (QED) is 0.839. The van der Waals surface area contributed by atoms with Gasteiger partial charge in [-0.2, -0.15) is 0 Å². The number of nitrogens with one attached hydrogen (secondary N) is 1. The van der Waals surface area contributed by atoms with Gasteiger partial charge in [0.2, 0.25) is 5.91 Å². The molecule has 0 aliphatic heterocycles. The minimum atomic E-state index is -0.192. The molecule has 0 radical (unpaired) electrons. The van der Waals surface area contributed by atoms with Crippen LogP contribution < -0.4 is 10.1 Å². The molecule has 0 saturated carbocycles. The monoisotopic (exact) mass is 320 g/mol. The van der Waals surface area contributed by atoms with Crippen molar-refractivity contribution in [1.82, 2.24) is 10.2 Å². The lowest BCUT2D eigenvalue weighted by atomic mass is 9.86. The molecule has 0 fully saturated rings. The highest BCUT2D eigenvalue weighted by molar-refractivity contribution is 5.85. The summed E-state index contributed by atoms with van der Waals surface area (Å²) in [5, 5.41) is 2.69. The fourth-order valence-electron chi connectivity index (χ4n) is 2.25. The van der Waals surface area contributed by atoms with Crippen molar-refractivity contribution in [2.45, 2.75) is 40.0 Å². The minimum Gasteiger partial charge on any atom is -0.483 e. The number of hydrogen-bond acceptors (Lipinski definition) is 3. The first kappa shape index (κ1) is 19.0. The second-order valence-electron chi connectivity index (χ2n) is 6.40. The number of rotatable bonds is 7. The van der Waals surface area contributed by atoms with Gasteiger partial charge in [-0.15, -0.1) is 0 Å². The van der Waals surface area contributed by atoms with Crippen LogP contribution in [0.4, 0.5) is 0 Å². The van der Waals surface area contributed by atoms with Crippen molar-refractivity contribution in [3.8, 4) is 5.75 Å². The first-order chi connectivity index (χ1) is 10.8. The van der Waals surface area contributed by atoms with Crippen molar-refractivity contribution < 1.29 is 14.3 Å². The van der Waals surface area contributed by atoms with Crippen molar-refractivity contribution in [1.29, 1.82) is 0 Å². The summed E-state index contributed by atoms with van der Waals surface area (Å²) in [5.74, 6) is 0.364. The molecule has 1 aromatic carbocycles. The molecule has 5 nitrogen and oxygen atoms in total. The molecule has 0 heterocycles. The van der Waals surface area contributed by atoms with Gasteiger partial charge in [-0.05, 0) is 30.9 Å². The molecule has 2 amide bonds. The maximum Gasteiger partial charge on any atom is 0.260 e. The third kappa shape index (κ3) is 5.93. The van der Waals surface area contributed by atoms with Gasteiger partial charge in [-0.25, -0.2) is 0 Å². The highest BCUT2D eigenvalue weighted by Gasteiger charge is 2.20. The average molecular weight is 320 g/mol. The molecule has 128 valence electrons. The Hall–Kier alpha value is -2.04. The van der Waals surface area contributed by atoms with E-state index < -0.39 is 0 Å². The third-order valence-corrected chi connectivity index (χ3v) is 3.49. The Morgan fingerprint density at radius 1 is 1.17 bits per heavy atom. The molecule has 1 aromatic rings. The number of carbonyl (C=O) groups excluding carboxylic acids is 2. The van der Waals surface area contributed by atoms with E-state index in [1.165, 1.54) is 4.90 Å². The Balaban J connectivity index is 2.70. The Bertz CT molecular complexity index is 535. The largest absolute Gasteiger partial charge is 0.483 e. The maximum absolute atomic E-state index is 12.3. The molecule has 1 N–H and O–H groups in total. The van der Waals surface area contributed by atoms with Gasteiger partial charge in [-0.3, -0.25) is 9.59 Å². The molecule has 5 heteroatoms. The normalized spacial score (nSPS) is 11.0. The summed E-state index contributed by atoms with van der Waals surface area (Å²) < 4.78 is 5.73. The van der Waals surface area contributed by atoms with Crippen LogP contribution in [0.3, 0.4) is 0 Å². The number of para-hydroxylation sites is 1. The smallest absolute Gasteiger partial charge is 0.260 e. The number of benzene rings is 1. The molecule has 0 bridgehead atoms. The Morgan fingerprint density at radius 3 is 2.39 bits per heavy atom. The summed E-state index contributed by atoms with van der Waals surface area (Å²) in [4.78, 5) is 25.4. The molecule has 0 saturated heterocycles. The van der Waals surface area contributed by atoms with E-state index >= 15 is 0 Å². The summed E-state index contributed by atoms with van der Waals surface area (Å²) in [6.07, 6.45) is 0. The van der Waals surface area contributed by atoms with Crippen LogP contribution in [0.25, 0.3) is 0 Å². The van der Waals surface area contributed by atoms with Crippen molar-refractivity contribution in [3.05, 3.63) is 29.8 Å². The van der Waals surface area contributed by atoms with Crippen molar-refractivity contribution in [2.24, 2.45) is 0 Å². The van der Waals surface area contributed by atoms with Crippen LogP contribution in [0.1, 0.15) is 40.2 Å². The van der Waals surface area contributed by atoms with E-state index in [1.807, 2.05) is 38.1 Å². The first-order valence-electron chi connectivity index (χ1n) is 8.06.